The molecule has 0 aliphatic carbocycles. The first-order valence-corrected chi connectivity index (χ1v) is 10.8. The number of nitrogens with one attached hydrogen (secondary N) is 2. The van der Waals surface area contributed by atoms with Gasteiger partial charge < -0.3 is 16.4 Å². The summed E-state index contributed by atoms with van der Waals surface area (Å²) in [6.07, 6.45) is 1.09. The zero-order valence-electron chi connectivity index (χ0n) is 18.4. The number of halogens is 3. The molecule has 10 heteroatoms. The van der Waals surface area contributed by atoms with Crippen LogP contribution in [0.1, 0.15) is 41.0 Å². The molecule has 0 aliphatic rings. The first-order chi connectivity index (χ1) is 16.2. The standard InChI is InChI=1S/C24H23ClF2N6O/c1-15(29)19-7-6-18(25)10-17(19)13-31-23(34)11-20-16(12-28)5-8-22(33-20)32-14-24(26,27)21-4-2-3-9-30-21/h2-10,15H,11,13-14,29H2,1H3,(H,31,34)(H,32,33). The highest BCUT2D eigenvalue weighted by Crippen LogP contribution is 2.26. The number of carbonyl (C=O) groups is 1. The van der Waals surface area contributed by atoms with E-state index in [1.807, 2.05) is 13.0 Å². The maximum atomic E-state index is 14.4. The second-order valence-electron chi connectivity index (χ2n) is 7.66. The number of rotatable bonds is 9. The Labute approximate surface area is 201 Å². The number of nitrogens with zero attached hydrogens (tertiary/aromatic N) is 3. The third-order valence-corrected chi connectivity index (χ3v) is 5.26. The fourth-order valence-corrected chi connectivity index (χ4v) is 3.48. The van der Waals surface area contributed by atoms with Crippen LogP contribution in [0.5, 0.6) is 0 Å². The second-order valence-corrected chi connectivity index (χ2v) is 8.10. The van der Waals surface area contributed by atoms with Crippen molar-refractivity contribution >= 4 is 23.3 Å². The Bertz CT molecular complexity index is 1200. The van der Waals surface area contributed by atoms with Gasteiger partial charge in [-0.2, -0.15) is 14.0 Å². The van der Waals surface area contributed by atoms with Gasteiger partial charge in [0.1, 0.15) is 17.6 Å². The number of carbonyl (C=O) groups excluding carboxylic acids is 1. The summed E-state index contributed by atoms with van der Waals surface area (Å²) in [5, 5.41) is 15.2. The van der Waals surface area contributed by atoms with E-state index in [9.17, 15) is 18.8 Å². The molecule has 0 saturated carbocycles. The maximum Gasteiger partial charge on any atom is 0.306 e. The third kappa shape index (κ3) is 6.47. The zero-order chi connectivity index (χ0) is 24.7. The maximum absolute atomic E-state index is 14.4. The minimum absolute atomic E-state index is 0.117. The van der Waals surface area contributed by atoms with E-state index in [1.54, 1.807) is 24.3 Å². The molecule has 1 aromatic carbocycles. The predicted molar refractivity (Wildman–Crippen MR) is 125 cm³/mol. The van der Waals surface area contributed by atoms with Gasteiger partial charge in [0.15, 0.2) is 0 Å². The molecule has 1 unspecified atom stereocenters. The predicted octanol–water partition coefficient (Wildman–Crippen LogP) is 4.08. The van der Waals surface area contributed by atoms with Gasteiger partial charge in [0, 0.05) is 23.8 Å². The molecule has 0 saturated heterocycles. The lowest BCUT2D eigenvalue weighted by Crippen LogP contribution is -2.27. The van der Waals surface area contributed by atoms with Crippen molar-refractivity contribution in [3.8, 4) is 6.07 Å². The molecule has 0 aliphatic heterocycles. The lowest BCUT2D eigenvalue weighted by Gasteiger charge is -2.17. The number of hydrogen-bond donors (Lipinski definition) is 3. The van der Waals surface area contributed by atoms with Crippen molar-refractivity contribution in [3.05, 3.63) is 87.8 Å². The summed E-state index contributed by atoms with van der Waals surface area (Å²) in [6, 6.07) is 14.1. The molecule has 2 aromatic heterocycles. The smallest absolute Gasteiger partial charge is 0.306 e. The van der Waals surface area contributed by atoms with Gasteiger partial charge >= 0.3 is 5.92 Å². The normalized spacial score (nSPS) is 12.0. The van der Waals surface area contributed by atoms with E-state index in [4.69, 9.17) is 17.3 Å². The van der Waals surface area contributed by atoms with Gasteiger partial charge in [-0.15, -0.1) is 0 Å². The fourth-order valence-electron chi connectivity index (χ4n) is 3.29. The third-order valence-electron chi connectivity index (χ3n) is 5.03. The van der Waals surface area contributed by atoms with Crippen molar-refractivity contribution < 1.29 is 13.6 Å². The molecule has 1 atom stereocenters. The highest BCUT2D eigenvalue weighted by Gasteiger charge is 2.32. The van der Waals surface area contributed by atoms with Crippen LogP contribution in [-0.4, -0.2) is 22.4 Å². The molecule has 0 bridgehead atoms. The van der Waals surface area contributed by atoms with Gasteiger partial charge in [-0.05, 0) is 54.4 Å². The summed E-state index contributed by atoms with van der Waals surface area (Å²) in [6.45, 7) is 1.27. The minimum atomic E-state index is -3.23. The molecular weight excluding hydrogens is 462 g/mol. The number of nitriles is 1. The lowest BCUT2D eigenvalue weighted by molar-refractivity contribution is -0.120. The minimum Gasteiger partial charge on any atom is -0.364 e. The van der Waals surface area contributed by atoms with Crippen molar-refractivity contribution in [3.63, 3.8) is 0 Å². The van der Waals surface area contributed by atoms with Crippen LogP contribution in [0.15, 0.2) is 54.7 Å². The van der Waals surface area contributed by atoms with Crippen LogP contribution in [0.2, 0.25) is 5.02 Å². The highest BCUT2D eigenvalue weighted by molar-refractivity contribution is 6.30. The summed E-state index contributed by atoms with van der Waals surface area (Å²) in [7, 11) is 0. The van der Waals surface area contributed by atoms with Gasteiger partial charge in [-0.1, -0.05) is 23.7 Å². The molecule has 2 heterocycles. The number of aromatic nitrogens is 2. The molecule has 0 fully saturated rings. The van der Waals surface area contributed by atoms with Crippen molar-refractivity contribution in [1.82, 2.24) is 15.3 Å². The molecule has 4 N–H and O–H groups in total. The Morgan fingerprint density at radius 2 is 2.06 bits per heavy atom. The first-order valence-electron chi connectivity index (χ1n) is 10.4. The quantitative estimate of drug-likeness (QED) is 0.421. The Kier molecular flexibility index (Phi) is 8.10. The van der Waals surface area contributed by atoms with Crippen LogP contribution in [0.25, 0.3) is 0 Å². The van der Waals surface area contributed by atoms with E-state index >= 15 is 0 Å². The van der Waals surface area contributed by atoms with Crippen LogP contribution in [0, 0.1) is 11.3 Å². The molecule has 176 valence electrons. The second kappa shape index (κ2) is 11.0. The average Bonchev–Trinajstić information content (AvgIpc) is 2.82. The van der Waals surface area contributed by atoms with Crippen LogP contribution >= 0.6 is 11.6 Å². The summed E-state index contributed by atoms with van der Waals surface area (Å²) in [5.41, 5.74) is 7.58. The van der Waals surface area contributed by atoms with Gasteiger partial charge in [-0.3, -0.25) is 9.78 Å². The van der Waals surface area contributed by atoms with E-state index < -0.39 is 18.4 Å². The monoisotopic (exact) mass is 484 g/mol. The highest BCUT2D eigenvalue weighted by atomic mass is 35.5. The Morgan fingerprint density at radius 1 is 1.26 bits per heavy atom. The molecule has 1 amide bonds. The summed E-state index contributed by atoms with van der Waals surface area (Å²) >= 11 is 6.06. The van der Waals surface area contributed by atoms with Gasteiger partial charge in [-0.25, -0.2) is 4.98 Å². The molecule has 7 nitrogen and oxygen atoms in total. The molecule has 34 heavy (non-hydrogen) atoms. The Hall–Kier alpha value is -3.61. The van der Waals surface area contributed by atoms with E-state index in [1.165, 1.54) is 30.5 Å². The van der Waals surface area contributed by atoms with Crippen LogP contribution in [0.4, 0.5) is 14.6 Å². The van der Waals surface area contributed by atoms with Crippen molar-refractivity contribution in [1.29, 1.82) is 5.26 Å². The van der Waals surface area contributed by atoms with E-state index in [-0.39, 0.29) is 41.8 Å². The molecular formula is C24H23ClF2N6O. The van der Waals surface area contributed by atoms with Crippen LogP contribution in [0.3, 0.4) is 0 Å². The number of anilines is 1. The number of benzene rings is 1. The Morgan fingerprint density at radius 3 is 2.74 bits per heavy atom. The zero-order valence-corrected chi connectivity index (χ0v) is 19.1. The molecule has 3 rings (SSSR count). The average molecular weight is 485 g/mol. The molecule has 0 spiro atoms. The van der Waals surface area contributed by atoms with Gasteiger partial charge in [0.2, 0.25) is 5.91 Å². The number of pyridine rings is 2. The molecule has 0 radical (unpaired) electrons. The number of alkyl halides is 2. The summed E-state index contributed by atoms with van der Waals surface area (Å²) in [4.78, 5) is 20.5. The lowest BCUT2D eigenvalue weighted by atomic mass is 10.0. The number of amides is 1. The SMILES string of the molecule is CC(N)c1ccc(Cl)cc1CNC(=O)Cc1nc(NCC(F)(F)c2ccccn2)ccc1C#N. The van der Waals surface area contributed by atoms with Crippen LogP contribution < -0.4 is 16.4 Å². The Balaban J connectivity index is 1.68. The summed E-state index contributed by atoms with van der Waals surface area (Å²) in [5.74, 6) is -3.51. The molecule has 3 aromatic rings. The van der Waals surface area contributed by atoms with Gasteiger partial charge in [0.25, 0.3) is 0 Å². The summed E-state index contributed by atoms with van der Waals surface area (Å²) < 4.78 is 28.8. The van der Waals surface area contributed by atoms with E-state index in [0.717, 1.165) is 11.1 Å². The van der Waals surface area contributed by atoms with E-state index in [2.05, 4.69) is 20.6 Å². The largest absolute Gasteiger partial charge is 0.364 e. The van der Waals surface area contributed by atoms with Crippen molar-refractivity contribution in [2.24, 2.45) is 5.73 Å². The van der Waals surface area contributed by atoms with Crippen LogP contribution in [-0.2, 0) is 23.7 Å². The topological polar surface area (TPSA) is 117 Å². The first kappa shape index (κ1) is 25.0. The number of hydrogen-bond acceptors (Lipinski definition) is 6. The van der Waals surface area contributed by atoms with Gasteiger partial charge in [0.05, 0.1) is 24.2 Å². The fraction of sp³-hybridized carbons (Fsp3) is 0.250. The number of nitrogens with two attached hydrogens (primary N) is 1. The van der Waals surface area contributed by atoms with Crippen molar-refractivity contribution in [2.75, 3.05) is 11.9 Å². The van der Waals surface area contributed by atoms with E-state index in [0.29, 0.717) is 5.02 Å². The van der Waals surface area contributed by atoms with Crippen molar-refractivity contribution in [2.45, 2.75) is 31.9 Å².